The molecule has 0 heterocycles. The molecule has 2 rings (SSSR count). The summed E-state index contributed by atoms with van der Waals surface area (Å²) in [5.74, 6) is -2.88. The lowest BCUT2D eigenvalue weighted by Gasteiger charge is -2.30. The highest BCUT2D eigenvalue weighted by Gasteiger charge is 2.36. The Morgan fingerprint density at radius 1 is 1.19 bits per heavy atom. The van der Waals surface area contributed by atoms with E-state index in [-0.39, 0.29) is 24.7 Å². The van der Waals surface area contributed by atoms with Crippen LogP contribution in [0.4, 0.5) is 18.9 Å². The molecule has 1 aliphatic rings. The summed E-state index contributed by atoms with van der Waals surface area (Å²) in [6.45, 7) is 0. The molecule has 1 unspecified atom stereocenters. The maximum atomic E-state index is 13.1. The number of benzene rings is 1. The van der Waals surface area contributed by atoms with Crippen LogP contribution in [0.1, 0.15) is 25.7 Å². The van der Waals surface area contributed by atoms with Gasteiger partial charge in [-0.05, 0) is 37.1 Å². The van der Waals surface area contributed by atoms with Crippen LogP contribution in [0, 0.1) is 5.82 Å². The molecule has 0 saturated heterocycles. The second kappa shape index (κ2) is 4.36. The van der Waals surface area contributed by atoms with E-state index in [0.29, 0.717) is 12.1 Å². The first-order valence-corrected chi connectivity index (χ1v) is 5.45. The van der Waals surface area contributed by atoms with E-state index < -0.39 is 5.92 Å². The van der Waals surface area contributed by atoms with Crippen LogP contribution in [0.5, 0.6) is 0 Å². The molecule has 0 spiro atoms. The molecule has 1 aromatic rings. The fraction of sp³-hybridized carbons (Fsp3) is 0.500. The van der Waals surface area contributed by atoms with E-state index >= 15 is 0 Å². The summed E-state index contributed by atoms with van der Waals surface area (Å²) in [6, 6.07) is 5.57. The molecule has 1 nitrogen and oxygen atoms in total. The second-order valence-corrected chi connectivity index (χ2v) is 4.30. The van der Waals surface area contributed by atoms with Gasteiger partial charge in [0.25, 0.3) is 0 Å². The Morgan fingerprint density at radius 3 is 2.50 bits per heavy atom. The maximum absolute atomic E-state index is 13.1. The lowest BCUT2D eigenvalue weighted by molar-refractivity contribution is -0.0373. The summed E-state index contributed by atoms with van der Waals surface area (Å²) < 4.78 is 38.9. The third kappa shape index (κ3) is 2.90. The largest absolute Gasteiger partial charge is 0.382 e. The minimum atomic E-state index is -2.56. The van der Waals surface area contributed by atoms with Crippen molar-refractivity contribution in [2.24, 2.45) is 0 Å². The predicted molar refractivity (Wildman–Crippen MR) is 57.2 cm³/mol. The van der Waals surface area contributed by atoms with Gasteiger partial charge < -0.3 is 5.32 Å². The molecule has 0 bridgehead atoms. The molecule has 88 valence electrons. The number of alkyl halides is 2. The van der Waals surface area contributed by atoms with E-state index in [1.54, 1.807) is 12.1 Å². The molecule has 1 N–H and O–H groups in total. The van der Waals surface area contributed by atoms with E-state index in [1.807, 2.05) is 0 Å². The van der Waals surface area contributed by atoms with Gasteiger partial charge in [0.1, 0.15) is 5.82 Å². The van der Waals surface area contributed by atoms with Crippen molar-refractivity contribution in [2.45, 2.75) is 37.6 Å². The lowest BCUT2D eigenvalue weighted by atomic mass is 9.92. The highest BCUT2D eigenvalue weighted by atomic mass is 19.3. The summed E-state index contributed by atoms with van der Waals surface area (Å²) >= 11 is 0. The van der Waals surface area contributed by atoms with Gasteiger partial charge in [-0.15, -0.1) is 0 Å². The van der Waals surface area contributed by atoms with Crippen LogP contribution in [-0.4, -0.2) is 12.0 Å². The Kier molecular flexibility index (Phi) is 3.08. The zero-order valence-corrected chi connectivity index (χ0v) is 8.85. The number of anilines is 1. The summed E-state index contributed by atoms with van der Waals surface area (Å²) in [6.07, 6.45) is 1.12. The van der Waals surface area contributed by atoms with Crippen molar-refractivity contribution in [1.82, 2.24) is 0 Å². The third-order valence-corrected chi connectivity index (χ3v) is 2.86. The number of nitrogens with one attached hydrogen (secondary N) is 1. The van der Waals surface area contributed by atoms with Gasteiger partial charge in [-0.2, -0.15) is 0 Å². The number of hydrogen-bond donors (Lipinski definition) is 1. The minimum absolute atomic E-state index is 0.0192. The van der Waals surface area contributed by atoms with Crippen LogP contribution in [0.15, 0.2) is 24.3 Å². The fourth-order valence-corrected chi connectivity index (χ4v) is 2.08. The SMILES string of the molecule is Fc1ccc(NC2CCCC(F)(F)C2)cc1. The Morgan fingerprint density at radius 2 is 1.88 bits per heavy atom. The van der Waals surface area contributed by atoms with Gasteiger partial charge in [0, 0.05) is 24.6 Å². The predicted octanol–water partition coefficient (Wildman–Crippen LogP) is 3.82. The van der Waals surface area contributed by atoms with E-state index in [4.69, 9.17) is 0 Å². The third-order valence-electron chi connectivity index (χ3n) is 2.86. The monoisotopic (exact) mass is 229 g/mol. The van der Waals surface area contributed by atoms with Crippen molar-refractivity contribution < 1.29 is 13.2 Å². The van der Waals surface area contributed by atoms with Gasteiger partial charge in [0.2, 0.25) is 5.92 Å². The quantitative estimate of drug-likeness (QED) is 0.813. The molecule has 4 heteroatoms. The Balaban J connectivity index is 1.97. The average molecular weight is 229 g/mol. The topological polar surface area (TPSA) is 12.0 Å². The Bertz CT molecular complexity index is 348. The van der Waals surface area contributed by atoms with E-state index in [9.17, 15) is 13.2 Å². The van der Waals surface area contributed by atoms with Crippen molar-refractivity contribution in [2.75, 3.05) is 5.32 Å². The van der Waals surface area contributed by atoms with Crippen LogP contribution < -0.4 is 5.32 Å². The first-order chi connectivity index (χ1) is 7.55. The minimum Gasteiger partial charge on any atom is -0.382 e. The normalized spacial score (nSPS) is 24.1. The van der Waals surface area contributed by atoms with Gasteiger partial charge in [0.15, 0.2) is 0 Å². The zero-order chi connectivity index (χ0) is 11.6. The van der Waals surface area contributed by atoms with Crippen LogP contribution in [0.25, 0.3) is 0 Å². The Hall–Kier alpha value is -1.19. The van der Waals surface area contributed by atoms with Gasteiger partial charge in [-0.3, -0.25) is 0 Å². The molecule has 1 atom stereocenters. The maximum Gasteiger partial charge on any atom is 0.250 e. The van der Waals surface area contributed by atoms with E-state index in [0.717, 1.165) is 6.42 Å². The highest BCUT2D eigenvalue weighted by molar-refractivity contribution is 5.43. The average Bonchev–Trinajstić information content (AvgIpc) is 2.20. The van der Waals surface area contributed by atoms with Crippen LogP contribution in [0.3, 0.4) is 0 Å². The number of halogens is 3. The van der Waals surface area contributed by atoms with Gasteiger partial charge in [-0.1, -0.05) is 0 Å². The molecule has 16 heavy (non-hydrogen) atoms. The number of hydrogen-bond acceptors (Lipinski definition) is 1. The molecule has 1 aliphatic carbocycles. The molecular formula is C12H14F3N. The summed E-state index contributed by atoms with van der Waals surface area (Å²) in [5.41, 5.74) is 0.698. The van der Waals surface area contributed by atoms with Gasteiger partial charge >= 0.3 is 0 Å². The smallest absolute Gasteiger partial charge is 0.250 e. The van der Waals surface area contributed by atoms with Crippen LogP contribution >= 0.6 is 0 Å². The van der Waals surface area contributed by atoms with Crippen molar-refractivity contribution in [3.05, 3.63) is 30.1 Å². The van der Waals surface area contributed by atoms with Gasteiger partial charge in [0.05, 0.1) is 0 Å². The molecule has 1 fully saturated rings. The van der Waals surface area contributed by atoms with Crippen molar-refractivity contribution in [1.29, 1.82) is 0 Å². The summed E-state index contributed by atoms with van der Waals surface area (Å²) in [4.78, 5) is 0. The molecule has 1 aromatic carbocycles. The second-order valence-electron chi connectivity index (χ2n) is 4.30. The molecule has 0 aromatic heterocycles. The van der Waals surface area contributed by atoms with E-state index in [2.05, 4.69) is 5.32 Å². The lowest BCUT2D eigenvalue weighted by Crippen LogP contribution is -2.34. The van der Waals surface area contributed by atoms with Crippen LogP contribution in [0.2, 0.25) is 0 Å². The zero-order valence-electron chi connectivity index (χ0n) is 8.85. The molecular weight excluding hydrogens is 215 g/mol. The molecule has 0 amide bonds. The molecule has 0 aliphatic heterocycles. The van der Waals surface area contributed by atoms with Crippen molar-refractivity contribution in [3.8, 4) is 0 Å². The van der Waals surface area contributed by atoms with Crippen LogP contribution in [-0.2, 0) is 0 Å². The highest BCUT2D eigenvalue weighted by Crippen LogP contribution is 2.34. The summed E-state index contributed by atoms with van der Waals surface area (Å²) in [7, 11) is 0. The first-order valence-electron chi connectivity index (χ1n) is 5.45. The summed E-state index contributed by atoms with van der Waals surface area (Å²) in [5, 5.41) is 3.02. The molecule has 0 radical (unpaired) electrons. The van der Waals surface area contributed by atoms with Crippen molar-refractivity contribution in [3.63, 3.8) is 0 Å². The fourth-order valence-electron chi connectivity index (χ4n) is 2.08. The van der Waals surface area contributed by atoms with Gasteiger partial charge in [-0.25, -0.2) is 13.2 Å². The number of rotatable bonds is 2. The first kappa shape index (κ1) is 11.3. The van der Waals surface area contributed by atoms with Crippen molar-refractivity contribution >= 4 is 5.69 Å². The Labute approximate surface area is 92.7 Å². The van der Waals surface area contributed by atoms with E-state index in [1.165, 1.54) is 12.1 Å². The standard InChI is InChI=1S/C12H14F3N/c13-9-3-5-10(6-4-9)16-11-2-1-7-12(14,15)8-11/h3-6,11,16H,1-2,7-8H2. The molecule has 1 saturated carbocycles.